The van der Waals surface area contributed by atoms with E-state index in [0.717, 1.165) is 51.6 Å². The number of rotatable bonds is 8. The van der Waals surface area contributed by atoms with Gasteiger partial charge >= 0.3 is 0 Å². The Bertz CT molecular complexity index is 491. The summed E-state index contributed by atoms with van der Waals surface area (Å²) >= 11 is 0. The minimum absolute atomic E-state index is 0.446. The highest BCUT2D eigenvalue weighted by Crippen LogP contribution is 2.20. The highest BCUT2D eigenvalue weighted by atomic mass is 16.5. The van der Waals surface area contributed by atoms with E-state index in [2.05, 4.69) is 57.8 Å². The van der Waals surface area contributed by atoms with Crippen molar-refractivity contribution in [3.8, 4) is 0 Å². The third-order valence-electron chi connectivity index (χ3n) is 4.46. The predicted molar refractivity (Wildman–Crippen MR) is 100 cm³/mol. The molecule has 1 aliphatic rings. The van der Waals surface area contributed by atoms with Gasteiger partial charge in [0.1, 0.15) is 0 Å². The van der Waals surface area contributed by atoms with Crippen molar-refractivity contribution in [1.29, 1.82) is 0 Å². The van der Waals surface area contributed by atoms with Gasteiger partial charge in [-0.3, -0.25) is 9.89 Å². The van der Waals surface area contributed by atoms with E-state index in [1.807, 2.05) is 14.0 Å². The van der Waals surface area contributed by atoms with Gasteiger partial charge in [0.25, 0.3) is 0 Å². The molecule has 1 aromatic carbocycles. The number of guanidine groups is 1. The highest BCUT2D eigenvalue weighted by Gasteiger charge is 2.29. The number of hydrogen-bond acceptors (Lipinski definition) is 3. The van der Waals surface area contributed by atoms with Crippen LogP contribution < -0.4 is 10.6 Å². The summed E-state index contributed by atoms with van der Waals surface area (Å²) in [6.07, 6.45) is 2.14. The Balaban J connectivity index is 1.74. The fourth-order valence-electron chi connectivity index (χ4n) is 3.15. The van der Waals surface area contributed by atoms with E-state index in [-0.39, 0.29) is 0 Å². The molecule has 1 fully saturated rings. The normalized spacial score (nSPS) is 21.9. The Hall–Kier alpha value is -1.59. The number of aliphatic imine (C=N–C) groups is 1. The molecule has 2 N–H and O–H groups in total. The van der Waals surface area contributed by atoms with Crippen LogP contribution in [-0.4, -0.2) is 56.3 Å². The van der Waals surface area contributed by atoms with E-state index >= 15 is 0 Å². The summed E-state index contributed by atoms with van der Waals surface area (Å²) in [7, 11) is 1.83. The predicted octanol–water partition coefficient (Wildman–Crippen LogP) is 2.24. The Labute approximate surface area is 146 Å². The topological polar surface area (TPSA) is 48.9 Å². The molecule has 2 rings (SSSR count). The van der Waals surface area contributed by atoms with Crippen LogP contribution in [0.2, 0.25) is 0 Å². The first-order chi connectivity index (χ1) is 11.7. The van der Waals surface area contributed by atoms with Gasteiger partial charge in [-0.2, -0.15) is 0 Å². The van der Waals surface area contributed by atoms with Crippen molar-refractivity contribution >= 4 is 5.96 Å². The summed E-state index contributed by atoms with van der Waals surface area (Å²) < 4.78 is 5.36. The second-order valence-electron chi connectivity index (χ2n) is 6.39. The van der Waals surface area contributed by atoms with Crippen molar-refractivity contribution in [2.24, 2.45) is 4.99 Å². The Morgan fingerprint density at radius 2 is 2.12 bits per heavy atom. The van der Waals surface area contributed by atoms with Crippen LogP contribution >= 0.6 is 0 Å². The number of benzene rings is 1. The van der Waals surface area contributed by atoms with Crippen molar-refractivity contribution in [1.82, 2.24) is 15.5 Å². The van der Waals surface area contributed by atoms with Crippen molar-refractivity contribution in [3.05, 3.63) is 35.9 Å². The third kappa shape index (κ3) is 6.13. The van der Waals surface area contributed by atoms with Crippen LogP contribution in [0.5, 0.6) is 0 Å². The van der Waals surface area contributed by atoms with Crippen molar-refractivity contribution in [2.75, 3.05) is 33.4 Å². The summed E-state index contributed by atoms with van der Waals surface area (Å²) in [5, 5.41) is 6.93. The molecule has 0 aliphatic carbocycles. The zero-order valence-corrected chi connectivity index (χ0v) is 15.3. The fourth-order valence-corrected chi connectivity index (χ4v) is 3.15. The zero-order chi connectivity index (χ0) is 17.2. The highest BCUT2D eigenvalue weighted by molar-refractivity contribution is 5.80. The molecule has 24 heavy (non-hydrogen) atoms. The second kappa shape index (κ2) is 10.3. The van der Waals surface area contributed by atoms with E-state index in [9.17, 15) is 0 Å². The minimum atomic E-state index is 0.446. The van der Waals surface area contributed by atoms with Crippen LogP contribution in [0.4, 0.5) is 0 Å². The smallest absolute Gasteiger partial charge is 0.191 e. The van der Waals surface area contributed by atoms with Gasteiger partial charge in [-0.1, -0.05) is 30.3 Å². The van der Waals surface area contributed by atoms with Crippen LogP contribution in [0.3, 0.4) is 0 Å². The Morgan fingerprint density at radius 3 is 2.83 bits per heavy atom. The van der Waals surface area contributed by atoms with Crippen molar-refractivity contribution in [3.63, 3.8) is 0 Å². The number of nitrogens with zero attached hydrogens (tertiary/aromatic N) is 2. The van der Waals surface area contributed by atoms with E-state index in [1.54, 1.807) is 0 Å². The average molecular weight is 332 g/mol. The van der Waals surface area contributed by atoms with Crippen LogP contribution in [0.1, 0.15) is 32.3 Å². The van der Waals surface area contributed by atoms with Gasteiger partial charge in [0, 0.05) is 52.0 Å². The number of hydrogen-bond donors (Lipinski definition) is 2. The molecule has 2 atom stereocenters. The molecule has 0 saturated carbocycles. The van der Waals surface area contributed by atoms with Crippen LogP contribution in [0.25, 0.3) is 0 Å². The minimum Gasteiger partial charge on any atom is -0.382 e. The molecule has 0 spiro atoms. The first-order valence-electron chi connectivity index (χ1n) is 9.05. The SMILES string of the molecule is CCOCCCNC(=NC)NC1CC(C)N(Cc2ccccc2)C1. The monoisotopic (exact) mass is 332 g/mol. The molecule has 5 nitrogen and oxygen atoms in total. The van der Waals surface area contributed by atoms with E-state index < -0.39 is 0 Å². The molecule has 2 unspecified atom stereocenters. The molecule has 0 aromatic heterocycles. The molecule has 1 saturated heterocycles. The standard InChI is InChI=1S/C19H32N4O/c1-4-24-12-8-11-21-19(20-3)22-18-13-16(2)23(15-18)14-17-9-6-5-7-10-17/h5-7,9-10,16,18H,4,8,11-15H2,1-3H3,(H2,20,21,22). The van der Waals surface area contributed by atoms with Crippen molar-refractivity contribution in [2.45, 2.75) is 45.3 Å². The maximum Gasteiger partial charge on any atom is 0.191 e. The maximum atomic E-state index is 5.36. The Morgan fingerprint density at radius 1 is 1.33 bits per heavy atom. The van der Waals surface area contributed by atoms with Gasteiger partial charge in [0.2, 0.25) is 0 Å². The molecule has 1 aliphatic heterocycles. The quantitative estimate of drug-likeness (QED) is 0.435. The van der Waals surface area contributed by atoms with Crippen molar-refractivity contribution < 1.29 is 4.74 Å². The molecule has 134 valence electrons. The zero-order valence-electron chi connectivity index (χ0n) is 15.3. The third-order valence-corrected chi connectivity index (χ3v) is 4.46. The molecule has 1 aromatic rings. The molecule has 0 bridgehead atoms. The molecule has 1 heterocycles. The number of likely N-dealkylation sites (tertiary alicyclic amines) is 1. The van der Waals surface area contributed by atoms with E-state index in [4.69, 9.17) is 4.74 Å². The molecular weight excluding hydrogens is 300 g/mol. The Kier molecular flexibility index (Phi) is 8.05. The van der Waals surface area contributed by atoms with Crippen LogP contribution in [0, 0.1) is 0 Å². The molecule has 0 radical (unpaired) electrons. The number of ether oxygens (including phenoxy) is 1. The van der Waals surface area contributed by atoms with Crippen LogP contribution in [-0.2, 0) is 11.3 Å². The summed E-state index contributed by atoms with van der Waals surface area (Å²) in [5.74, 6) is 0.894. The average Bonchev–Trinajstić information content (AvgIpc) is 2.94. The van der Waals surface area contributed by atoms with E-state index in [0.29, 0.717) is 12.1 Å². The lowest BCUT2D eigenvalue weighted by atomic mass is 10.2. The van der Waals surface area contributed by atoms with Gasteiger partial charge in [0.15, 0.2) is 5.96 Å². The number of nitrogens with one attached hydrogen (secondary N) is 2. The second-order valence-corrected chi connectivity index (χ2v) is 6.39. The van der Waals surface area contributed by atoms with Gasteiger partial charge in [-0.25, -0.2) is 0 Å². The largest absolute Gasteiger partial charge is 0.382 e. The van der Waals surface area contributed by atoms with Gasteiger partial charge < -0.3 is 15.4 Å². The lowest BCUT2D eigenvalue weighted by Crippen LogP contribution is -2.44. The first-order valence-corrected chi connectivity index (χ1v) is 9.05. The lowest BCUT2D eigenvalue weighted by molar-refractivity contribution is 0.145. The van der Waals surface area contributed by atoms with Gasteiger partial charge in [-0.15, -0.1) is 0 Å². The summed E-state index contributed by atoms with van der Waals surface area (Å²) in [4.78, 5) is 6.88. The van der Waals surface area contributed by atoms with Crippen LogP contribution in [0.15, 0.2) is 35.3 Å². The molecular formula is C19H32N4O. The molecule has 0 amide bonds. The summed E-state index contributed by atoms with van der Waals surface area (Å²) in [6.45, 7) is 8.86. The first kappa shape index (κ1) is 18.7. The lowest BCUT2D eigenvalue weighted by Gasteiger charge is -2.21. The summed E-state index contributed by atoms with van der Waals surface area (Å²) in [6, 6.07) is 11.7. The van der Waals surface area contributed by atoms with Gasteiger partial charge in [-0.05, 0) is 32.3 Å². The molecule has 5 heteroatoms. The van der Waals surface area contributed by atoms with E-state index in [1.165, 1.54) is 5.56 Å². The summed E-state index contributed by atoms with van der Waals surface area (Å²) in [5.41, 5.74) is 1.38. The maximum absolute atomic E-state index is 5.36. The fraction of sp³-hybridized carbons (Fsp3) is 0.632. The van der Waals surface area contributed by atoms with Gasteiger partial charge in [0.05, 0.1) is 0 Å².